The summed E-state index contributed by atoms with van der Waals surface area (Å²) < 4.78 is 10.6. The molecule has 216 valence electrons. The zero-order valence-corrected chi connectivity index (χ0v) is 24.1. The van der Waals surface area contributed by atoms with Crippen molar-refractivity contribution in [2.24, 2.45) is 0 Å². The van der Waals surface area contributed by atoms with Gasteiger partial charge in [-0.15, -0.1) is 11.8 Å². The average molecular weight is 657 g/mol. The molecule has 2 aliphatic rings. The van der Waals surface area contributed by atoms with Crippen molar-refractivity contribution < 1.29 is 38.7 Å². The topological polar surface area (TPSA) is 171 Å². The van der Waals surface area contributed by atoms with E-state index in [0.29, 0.717) is 5.56 Å². The Kier molecular flexibility index (Phi) is 7.88. The predicted octanol–water partition coefficient (Wildman–Crippen LogP) is 4.15. The second kappa shape index (κ2) is 11.4. The molecule has 1 amide bonds. The molecule has 42 heavy (non-hydrogen) atoms. The van der Waals surface area contributed by atoms with E-state index in [1.807, 2.05) is 30.3 Å². The van der Waals surface area contributed by atoms with E-state index in [1.54, 1.807) is 0 Å². The third kappa shape index (κ3) is 5.27. The number of halogens is 1. The standard InChI is InChI=1S/C27H21BrN4O9S/c1-15(33)41-22(27(28)24(36)31-20(23(34)35)14-42-25(27)31)19-12-30(21(29-19)11-16-5-3-2-4-6-16)26(37)40-13-17-7-9-18(10-8-17)32(38)39/h2-10,12,14,22,25H,11,13H2,1H3,(H,34,35)/t22?,25-,27?/m1/s1. The molecule has 2 unspecified atom stereocenters. The quantitative estimate of drug-likeness (QED) is 0.115. The van der Waals surface area contributed by atoms with Crippen LogP contribution in [0.4, 0.5) is 10.5 Å². The number of non-ortho nitro benzene ring substituents is 1. The number of aliphatic carboxylic acids is 1. The van der Waals surface area contributed by atoms with Gasteiger partial charge in [-0.25, -0.2) is 19.1 Å². The lowest BCUT2D eigenvalue weighted by molar-refractivity contribution is -0.384. The van der Waals surface area contributed by atoms with Crippen LogP contribution >= 0.6 is 27.7 Å². The molecule has 0 radical (unpaired) electrons. The Labute approximate surface area is 250 Å². The van der Waals surface area contributed by atoms with Crippen LogP contribution in [0.3, 0.4) is 0 Å². The van der Waals surface area contributed by atoms with Gasteiger partial charge in [0.2, 0.25) is 0 Å². The lowest BCUT2D eigenvalue weighted by Gasteiger charge is -2.51. The van der Waals surface area contributed by atoms with Crippen molar-refractivity contribution in [3.05, 3.63) is 105 Å². The fourth-order valence-electron chi connectivity index (χ4n) is 4.58. The number of carboxylic acid groups (broad SMARTS) is 1. The Hall–Kier alpha value is -4.50. The summed E-state index contributed by atoms with van der Waals surface area (Å²) >= 11 is 4.51. The van der Waals surface area contributed by atoms with Crippen molar-refractivity contribution in [2.45, 2.75) is 35.8 Å². The maximum absolute atomic E-state index is 13.3. The molecule has 3 atom stereocenters. The number of rotatable bonds is 9. The lowest BCUT2D eigenvalue weighted by atomic mass is 9.89. The van der Waals surface area contributed by atoms with Gasteiger partial charge in [-0.1, -0.05) is 46.3 Å². The van der Waals surface area contributed by atoms with Crippen LogP contribution in [0, 0.1) is 10.1 Å². The number of nitrogens with zero attached hydrogens (tertiary/aromatic N) is 4. The molecule has 5 rings (SSSR count). The summed E-state index contributed by atoms with van der Waals surface area (Å²) in [6.45, 7) is 0.966. The van der Waals surface area contributed by atoms with Crippen LogP contribution in [-0.2, 0) is 36.9 Å². The van der Waals surface area contributed by atoms with Crippen molar-refractivity contribution in [3.63, 3.8) is 0 Å². The minimum atomic E-state index is -1.57. The second-order valence-corrected chi connectivity index (χ2v) is 11.6. The minimum absolute atomic E-state index is 0.0673. The van der Waals surface area contributed by atoms with Gasteiger partial charge >= 0.3 is 18.0 Å². The van der Waals surface area contributed by atoms with Gasteiger partial charge in [0, 0.05) is 37.1 Å². The Bertz CT molecular complexity index is 1630. The molecule has 1 N–H and O–H groups in total. The summed E-state index contributed by atoms with van der Waals surface area (Å²) in [5.41, 5.74) is 1.08. The zero-order valence-electron chi connectivity index (χ0n) is 21.7. The number of amides is 1. The third-order valence-electron chi connectivity index (χ3n) is 6.57. The number of β-lactam (4-membered cyclic amide) rings is 1. The summed E-state index contributed by atoms with van der Waals surface area (Å²) in [6.07, 6.45) is -0.655. The molecular weight excluding hydrogens is 636 g/mol. The largest absolute Gasteiger partial charge is 0.477 e. The average Bonchev–Trinajstić information content (AvgIpc) is 3.58. The number of carbonyl (C=O) groups is 4. The van der Waals surface area contributed by atoms with E-state index in [-0.39, 0.29) is 35.9 Å². The zero-order chi connectivity index (χ0) is 30.2. The molecule has 1 saturated heterocycles. The van der Waals surface area contributed by atoms with E-state index in [9.17, 15) is 34.4 Å². The number of carboxylic acids is 1. The van der Waals surface area contributed by atoms with E-state index >= 15 is 0 Å². The van der Waals surface area contributed by atoms with E-state index < -0.39 is 44.7 Å². The van der Waals surface area contributed by atoms with Gasteiger partial charge < -0.3 is 14.6 Å². The smallest absolute Gasteiger partial charge is 0.419 e. The van der Waals surface area contributed by atoms with Crippen molar-refractivity contribution in [2.75, 3.05) is 0 Å². The van der Waals surface area contributed by atoms with Crippen molar-refractivity contribution in [3.8, 4) is 0 Å². The van der Waals surface area contributed by atoms with Crippen molar-refractivity contribution >= 4 is 57.3 Å². The number of esters is 1. The number of imidazole rings is 1. The molecule has 3 heterocycles. The number of nitro benzene ring substituents is 1. The number of hydrogen-bond acceptors (Lipinski definition) is 10. The summed E-state index contributed by atoms with van der Waals surface area (Å²) in [6, 6.07) is 14.6. The van der Waals surface area contributed by atoms with Crippen LogP contribution in [0.5, 0.6) is 0 Å². The highest BCUT2D eigenvalue weighted by atomic mass is 79.9. The summed E-state index contributed by atoms with van der Waals surface area (Å²) in [5, 5.41) is 21.0. The number of hydrogen-bond donors (Lipinski definition) is 1. The van der Waals surface area contributed by atoms with E-state index in [4.69, 9.17) is 9.47 Å². The van der Waals surface area contributed by atoms with Gasteiger partial charge in [0.05, 0.1) is 4.92 Å². The molecular formula is C27H21BrN4O9S. The molecule has 3 aromatic rings. The van der Waals surface area contributed by atoms with Crippen LogP contribution in [-0.4, -0.2) is 58.1 Å². The molecule has 0 aliphatic carbocycles. The van der Waals surface area contributed by atoms with Crippen LogP contribution < -0.4 is 0 Å². The summed E-state index contributed by atoms with van der Waals surface area (Å²) in [4.78, 5) is 66.4. The van der Waals surface area contributed by atoms with Crippen LogP contribution in [0.1, 0.15) is 35.7 Å². The molecule has 0 saturated carbocycles. The Morgan fingerprint density at radius 2 is 1.86 bits per heavy atom. The van der Waals surface area contributed by atoms with Gasteiger partial charge in [0.25, 0.3) is 11.6 Å². The van der Waals surface area contributed by atoms with Gasteiger partial charge in [0.1, 0.15) is 29.2 Å². The van der Waals surface area contributed by atoms with Gasteiger partial charge in [-0.2, -0.15) is 0 Å². The number of benzene rings is 2. The normalized spacial score (nSPS) is 19.8. The highest BCUT2D eigenvalue weighted by molar-refractivity contribution is 9.10. The number of nitro groups is 1. The highest BCUT2D eigenvalue weighted by Crippen LogP contribution is 2.57. The van der Waals surface area contributed by atoms with E-state index in [0.717, 1.165) is 33.7 Å². The Morgan fingerprint density at radius 1 is 1.17 bits per heavy atom. The van der Waals surface area contributed by atoms with E-state index in [2.05, 4.69) is 20.9 Å². The van der Waals surface area contributed by atoms with Crippen molar-refractivity contribution in [1.29, 1.82) is 0 Å². The molecule has 0 spiro atoms. The Morgan fingerprint density at radius 3 is 2.48 bits per heavy atom. The number of fused-ring (bicyclic) bond motifs is 1. The number of aromatic nitrogens is 2. The molecule has 1 aromatic heterocycles. The fraction of sp³-hybridized carbons (Fsp3) is 0.222. The molecule has 0 bridgehead atoms. The van der Waals surface area contributed by atoms with Crippen LogP contribution in [0.2, 0.25) is 0 Å². The van der Waals surface area contributed by atoms with Crippen LogP contribution in [0.15, 0.2) is 71.9 Å². The molecule has 13 nitrogen and oxygen atoms in total. The fourth-order valence-corrected chi connectivity index (χ4v) is 6.85. The monoisotopic (exact) mass is 656 g/mol. The molecule has 2 aliphatic heterocycles. The van der Waals surface area contributed by atoms with Gasteiger partial charge in [-0.05, 0) is 23.3 Å². The number of carbonyl (C=O) groups excluding carboxylic acids is 3. The SMILES string of the molecule is CC(=O)OC(c1cn(C(=O)OCc2ccc([N+](=O)[O-])cc2)c(Cc2ccccc2)n1)C1(Br)C(=O)N2C(C(=O)O)=CS[C@@H]21. The second-order valence-electron chi connectivity index (χ2n) is 9.32. The predicted molar refractivity (Wildman–Crippen MR) is 150 cm³/mol. The maximum atomic E-state index is 13.3. The summed E-state index contributed by atoms with van der Waals surface area (Å²) in [7, 11) is 0. The minimum Gasteiger partial charge on any atom is -0.477 e. The first-order chi connectivity index (χ1) is 20.0. The molecule has 15 heteroatoms. The first-order valence-electron chi connectivity index (χ1n) is 12.3. The number of thioether (sulfide) groups is 1. The van der Waals surface area contributed by atoms with E-state index in [1.165, 1.54) is 35.9 Å². The first-order valence-corrected chi connectivity index (χ1v) is 14.1. The van der Waals surface area contributed by atoms with Gasteiger partial charge in [-0.3, -0.25) is 24.6 Å². The number of alkyl halides is 1. The molecule has 2 aromatic carbocycles. The highest BCUT2D eigenvalue weighted by Gasteiger charge is 2.69. The maximum Gasteiger partial charge on any atom is 0.419 e. The van der Waals surface area contributed by atoms with Crippen LogP contribution in [0.25, 0.3) is 0 Å². The summed E-state index contributed by atoms with van der Waals surface area (Å²) in [5.74, 6) is -2.41. The lowest BCUT2D eigenvalue weighted by Crippen LogP contribution is -2.70. The van der Waals surface area contributed by atoms with Gasteiger partial charge in [0.15, 0.2) is 10.4 Å². The molecule has 1 fully saturated rings. The Balaban J connectivity index is 1.47. The number of ether oxygens (including phenoxy) is 2. The third-order valence-corrected chi connectivity index (χ3v) is 9.26. The first kappa shape index (κ1) is 29.0. The van der Waals surface area contributed by atoms with Crippen molar-refractivity contribution in [1.82, 2.24) is 14.5 Å².